The zero-order valence-corrected chi connectivity index (χ0v) is 12.4. The maximum Gasteiger partial charge on any atom is 0.118 e. The number of rotatable bonds is 6. The van der Waals surface area contributed by atoms with E-state index < -0.39 is 0 Å². The van der Waals surface area contributed by atoms with Crippen molar-refractivity contribution in [2.75, 3.05) is 19.6 Å². The first-order valence-corrected chi connectivity index (χ1v) is 7.28. The molecular formula is C16H26N2O. The molecule has 0 aromatic carbocycles. The third-order valence-electron chi connectivity index (χ3n) is 3.38. The van der Waals surface area contributed by atoms with E-state index >= 15 is 0 Å². The summed E-state index contributed by atoms with van der Waals surface area (Å²) in [7, 11) is 0. The first-order valence-electron chi connectivity index (χ1n) is 7.28. The van der Waals surface area contributed by atoms with Gasteiger partial charge in [0.05, 0.1) is 12.8 Å². The predicted molar refractivity (Wildman–Crippen MR) is 78.9 cm³/mol. The fraction of sp³-hybridized carbons (Fsp3) is 0.625. The highest BCUT2D eigenvalue weighted by Gasteiger charge is 2.12. The van der Waals surface area contributed by atoms with Gasteiger partial charge in [0.15, 0.2) is 0 Å². The van der Waals surface area contributed by atoms with Crippen LogP contribution in [0.4, 0.5) is 0 Å². The van der Waals surface area contributed by atoms with Crippen LogP contribution in [0.1, 0.15) is 38.5 Å². The Morgan fingerprint density at radius 3 is 3.00 bits per heavy atom. The topological polar surface area (TPSA) is 28.4 Å². The van der Waals surface area contributed by atoms with Gasteiger partial charge in [-0.05, 0) is 31.9 Å². The fourth-order valence-electron chi connectivity index (χ4n) is 2.45. The van der Waals surface area contributed by atoms with Crippen molar-refractivity contribution in [1.29, 1.82) is 0 Å². The van der Waals surface area contributed by atoms with Crippen LogP contribution in [0.15, 0.2) is 28.4 Å². The average Bonchev–Trinajstić information content (AvgIpc) is 2.76. The van der Waals surface area contributed by atoms with Gasteiger partial charge in [-0.15, -0.1) is 0 Å². The van der Waals surface area contributed by atoms with Gasteiger partial charge in [0.1, 0.15) is 5.76 Å². The number of hydrogen-bond donors (Lipinski definition) is 1. The Kier molecular flexibility index (Phi) is 5.23. The molecule has 1 N–H and O–H groups in total. The summed E-state index contributed by atoms with van der Waals surface area (Å²) >= 11 is 0. The summed E-state index contributed by atoms with van der Waals surface area (Å²) in [5, 5.41) is 3.44. The third kappa shape index (κ3) is 4.84. The molecule has 1 aromatic rings. The Labute approximate surface area is 116 Å². The molecule has 2 heterocycles. The fourth-order valence-corrected chi connectivity index (χ4v) is 2.45. The van der Waals surface area contributed by atoms with Crippen molar-refractivity contribution in [1.82, 2.24) is 10.2 Å². The standard InChI is InChI=1S/C16H26N2O/c1-13(2)8-17-9-15-7-16(19-12-15)11-18-6-4-5-14(3)10-18/h5,7,12-13,17H,4,6,8-11H2,1-3H3. The zero-order chi connectivity index (χ0) is 13.7. The summed E-state index contributed by atoms with van der Waals surface area (Å²) in [6.45, 7) is 11.7. The van der Waals surface area contributed by atoms with E-state index in [1.54, 1.807) is 0 Å². The molecule has 3 heteroatoms. The van der Waals surface area contributed by atoms with Crippen molar-refractivity contribution in [3.05, 3.63) is 35.3 Å². The molecule has 0 saturated heterocycles. The van der Waals surface area contributed by atoms with Crippen LogP contribution in [0.3, 0.4) is 0 Å². The van der Waals surface area contributed by atoms with Crippen molar-refractivity contribution in [2.45, 2.75) is 40.3 Å². The highest BCUT2D eigenvalue weighted by molar-refractivity contribution is 5.13. The van der Waals surface area contributed by atoms with Gasteiger partial charge in [-0.3, -0.25) is 4.90 Å². The molecule has 2 rings (SSSR count). The largest absolute Gasteiger partial charge is 0.468 e. The van der Waals surface area contributed by atoms with Crippen LogP contribution < -0.4 is 5.32 Å². The molecule has 0 unspecified atom stereocenters. The molecule has 0 aliphatic carbocycles. The zero-order valence-electron chi connectivity index (χ0n) is 12.4. The first kappa shape index (κ1) is 14.4. The van der Waals surface area contributed by atoms with E-state index in [1.165, 1.54) is 11.1 Å². The van der Waals surface area contributed by atoms with Gasteiger partial charge in [0, 0.05) is 25.2 Å². The summed E-state index contributed by atoms with van der Waals surface area (Å²) < 4.78 is 5.66. The molecule has 0 fully saturated rings. The molecule has 0 bridgehead atoms. The van der Waals surface area contributed by atoms with Crippen molar-refractivity contribution in [2.24, 2.45) is 5.92 Å². The molecule has 0 amide bonds. The Hall–Kier alpha value is -1.06. The van der Waals surface area contributed by atoms with E-state index in [2.05, 4.69) is 43.1 Å². The molecule has 0 atom stereocenters. The quantitative estimate of drug-likeness (QED) is 0.798. The van der Waals surface area contributed by atoms with Crippen molar-refractivity contribution >= 4 is 0 Å². The third-order valence-corrected chi connectivity index (χ3v) is 3.38. The normalized spacial score (nSPS) is 16.9. The summed E-state index contributed by atoms with van der Waals surface area (Å²) in [4.78, 5) is 2.44. The molecule has 3 nitrogen and oxygen atoms in total. The second-order valence-electron chi connectivity index (χ2n) is 6.00. The van der Waals surface area contributed by atoms with Crippen LogP contribution in [-0.2, 0) is 13.1 Å². The average molecular weight is 262 g/mol. The Bertz CT molecular complexity index is 420. The maximum atomic E-state index is 5.66. The molecule has 1 aliphatic heterocycles. The SMILES string of the molecule is CC1=CCCN(Cc2cc(CNCC(C)C)co2)C1. The van der Waals surface area contributed by atoms with Crippen LogP contribution in [0.5, 0.6) is 0 Å². The lowest BCUT2D eigenvalue weighted by molar-refractivity contribution is 0.258. The van der Waals surface area contributed by atoms with Crippen LogP contribution in [0.25, 0.3) is 0 Å². The van der Waals surface area contributed by atoms with Crippen LogP contribution in [0, 0.1) is 5.92 Å². The van der Waals surface area contributed by atoms with Crippen molar-refractivity contribution < 1.29 is 4.42 Å². The van der Waals surface area contributed by atoms with Crippen LogP contribution >= 0.6 is 0 Å². The van der Waals surface area contributed by atoms with E-state index in [4.69, 9.17) is 4.42 Å². The minimum Gasteiger partial charge on any atom is -0.468 e. The van der Waals surface area contributed by atoms with Crippen molar-refractivity contribution in [3.63, 3.8) is 0 Å². The lowest BCUT2D eigenvalue weighted by Crippen LogP contribution is -2.28. The molecule has 106 valence electrons. The number of nitrogens with zero attached hydrogens (tertiary/aromatic N) is 1. The van der Waals surface area contributed by atoms with E-state index in [9.17, 15) is 0 Å². The first-order chi connectivity index (χ1) is 9.13. The van der Waals surface area contributed by atoms with Gasteiger partial charge in [-0.1, -0.05) is 25.5 Å². The Morgan fingerprint density at radius 1 is 1.42 bits per heavy atom. The van der Waals surface area contributed by atoms with Gasteiger partial charge in [-0.2, -0.15) is 0 Å². The second-order valence-corrected chi connectivity index (χ2v) is 6.00. The second kappa shape index (κ2) is 6.92. The lowest BCUT2D eigenvalue weighted by atomic mass is 10.1. The lowest BCUT2D eigenvalue weighted by Gasteiger charge is -2.24. The Balaban J connectivity index is 1.79. The van der Waals surface area contributed by atoms with E-state index in [0.717, 1.165) is 44.9 Å². The molecule has 1 aromatic heterocycles. The molecule has 1 aliphatic rings. The molecule has 0 spiro atoms. The summed E-state index contributed by atoms with van der Waals surface area (Å²) in [6.07, 6.45) is 5.38. The molecule has 19 heavy (non-hydrogen) atoms. The molecular weight excluding hydrogens is 236 g/mol. The Morgan fingerprint density at radius 2 is 2.26 bits per heavy atom. The van der Waals surface area contributed by atoms with E-state index in [1.807, 2.05) is 6.26 Å². The van der Waals surface area contributed by atoms with E-state index in [0.29, 0.717) is 5.92 Å². The monoisotopic (exact) mass is 262 g/mol. The number of furan rings is 1. The van der Waals surface area contributed by atoms with Gasteiger partial charge in [0.2, 0.25) is 0 Å². The van der Waals surface area contributed by atoms with Gasteiger partial charge >= 0.3 is 0 Å². The van der Waals surface area contributed by atoms with Gasteiger partial charge < -0.3 is 9.73 Å². The summed E-state index contributed by atoms with van der Waals surface area (Å²) in [5.74, 6) is 1.77. The maximum absolute atomic E-state index is 5.66. The predicted octanol–water partition coefficient (Wildman–Crippen LogP) is 3.18. The van der Waals surface area contributed by atoms with Gasteiger partial charge in [-0.25, -0.2) is 0 Å². The smallest absolute Gasteiger partial charge is 0.118 e. The minimum absolute atomic E-state index is 0.689. The molecule has 0 radical (unpaired) electrons. The summed E-state index contributed by atoms with van der Waals surface area (Å²) in [5.41, 5.74) is 2.72. The highest BCUT2D eigenvalue weighted by atomic mass is 16.3. The van der Waals surface area contributed by atoms with Crippen molar-refractivity contribution in [3.8, 4) is 0 Å². The molecule has 0 saturated carbocycles. The van der Waals surface area contributed by atoms with E-state index in [-0.39, 0.29) is 0 Å². The number of nitrogens with one attached hydrogen (secondary N) is 1. The highest BCUT2D eigenvalue weighted by Crippen LogP contribution is 2.15. The van der Waals surface area contributed by atoms with Gasteiger partial charge in [0.25, 0.3) is 0 Å². The minimum atomic E-state index is 0.689. The summed E-state index contributed by atoms with van der Waals surface area (Å²) in [6, 6.07) is 2.18. The number of hydrogen-bond acceptors (Lipinski definition) is 3. The van der Waals surface area contributed by atoms with Crippen LogP contribution in [0.2, 0.25) is 0 Å². The van der Waals surface area contributed by atoms with Crippen LogP contribution in [-0.4, -0.2) is 24.5 Å².